The molecule has 10 atom stereocenters. The molecule has 242 valence electrons. The molecule has 5 saturated carbocycles. The van der Waals surface area contributed by atoms with Crippen LogP contribution in [0.1, 0.15) is 126 Å². The minimum atomic E-state index is -0.374. The van der Waals surface area contributed by atoms with Gasteiger partial charge in [0.2, 0.25) is 0 Å². The van der Waals surface area contributed by atoms with Gasteiger partial charge in [0, 0.05) is 17.8 Å². The Kier molecular flexibility index (Phi) is 8.47. The number of allylic oxidation sites excluding steroid dienone is 1. The number of esters is 3. The Morgan fingerprint density at radius 2 is 1.47 bits per heavy atom. The highest BCUT2D eigenvalue weighted by atomic mass is 16.5. The molecule has 0 spiro atoms. The lowest BCUT2D eigenvalue weighted by atomic mass is 9.32. The molecule has 5 aliphatic rings. The Balaban J connectivity index is 1.40. The van der Waals surface area contributed by atoms with E-state index >= 15 is 0 Å². The van der Waals surface area contributed by atoms with Crippen molar-refractivity contribution in [3.8, 4) is 0 Å². The first-order valence-electron chi connectivity index (χ1n) is 17.1. The largest absolute Gasteiger partial charge is 0.469 e. The van der Waals surface area contributed by atoms with Crippen molar-refractivity contribution in [2.45, 2.75) is 132 Å². The monoisotopic (exact) mass is 598 g/mol. The molecule has 0 aromatic rings. The van der Waals surface area contributed by atoms with Gasteiger partial charge in [0.1, 0.15) is 6.10 Å². The summed E-state index contributed by atoms with van der Waals surface area (Å²) in [5, 5.41) is 0. The molecular weight excluding hydrogens is 540 g/mol. The summed E-state index contributed by atoms with van der Waals surface area (Å²) in [5.41, 5.74) is 1.92. The summed E-state index contributed by atoms with van der Waals surface area (Å²) >= 11 is 0. The second kappa shape index (κ2) is 11.2. The molecule has 5 rings (SSSR count). The zero-order valence-corrected chi connectivity index (χ0v) is 28.3. The molecule has 0 N–H and O–H groups in total. The van der Waals surface area contributed by atoms with E-state index in [0.29, 0.717) is 36.2 Å². The Morgan fingerprint density at radius 1 is 0.767 bits per heavy atom. The van der Waals surface area contributed by atoms with Crippen molar-refractivity contribution in [2.75, 3.05) is 13.7 Å². The van der Waals surface area contributed by atoms with Gasteiger partial charge in [0.15, 0.2) is 0 Å². The minimum Gasteiger partial charge on any atom is -0.469 e. The molecule has 6 heteroatoms. The minimum absolute atomic E-state index is 0.0686. The van der Waals surface area contributed by atoms with Crippen LogP contribution >= 0.6 is 0 Å². The third-order valence-corrected chi connectivity index (χ3v) is 14.8. The summed E-state index contributed by atoms with van der Waals surface area (Å²) in [6.07, 6.45) is 11.5. The molecule has 5 fully saturated rings. The Labute approximate surface area is 260 Å². The van der Waals surface area contributed by atoms with E-state index < -0.39 is 0 Å². The molecule has 0 saturated heterocycles. The Bertz CT molecular complexity index is 1140. The summed E-state index contributed by atoms with van der Waals surface area (Å²) in [4.78, 5) is 36.3. The molecule has 43 heavy (non-hydrogen) atoms. The summed E-state index contributed by atoms with van der Waals surface area (Å²) in [5.74, 6) is 1.94. The molecule has 0 radical (unpaired) electrons. The standard InChI is InChI=1S/C37H58O6/c1-23(2)25-14-19-37(22-42-24(3)38)21-20-35(7)26(32(25)37)10-11-28-34(6)17-16-29(43-31(40)13-12-30(39)41-9)33(4,5)27(34)15-18-36(28,35)8/h25-29,32H,1,10-22H2,2-9H3/t25-,26-,27-,28+,29-,32+,34-,35+,36+,37-/m0/s1. The van der Waals surface area contributed by atoms with Crippen LogP contribution in [0.4, 0.5) is 0 Å². The summed E-state index contributed by atoms with van der Waals surface area (Å²) in [6, 6.07) is 0. The van der Waals surface area contributed by atoms with Gasteiger partial charge < -0.3 is 14.2 Å². The fourth-order valence-corrected chi connectivity index (χ4v) is 12.5. The van der Waals surface area contributed by atoms with E-state index in [1.807, 2.05) is 0 Å². The van der Waals surface area contributed by atoms with Crippen LogP contribution < -0.4 is 0 Å². The van der Waals surface area contributed by atoms with Gasteiger partial charge in [-0.1, -0.05) is 46.8 Å². The van der Waals surface area contributed by atoms with Crippen LogP contribution in [0, 0.1) is 56.7 Å². The Morgan fingerprint density at radius 3 is 2.12 bits per heavy atom. The van der Waals surface area contributed by atoms with Crippen LogP contribution in [0.2, 0.25) is 0 Å². The van der Waals surface area contributed by atoms with Gasteiger partial charge in [0.05, 0.1) is 26.6 Å². The molecule has 0 bridgehead atoms. The highest BCUT2D eigenvalue weighted by Gasteiger charge is 2.71. The quantitative estimate of drug-likeness (QED) is 0.168. The topological polar surface area (TPSA) is 78.9 Å². The molecule has 0 heterocycles. The molecule has 5 aliphatic carbocycles. The molecule has 0 aromatic carbocycles. The Hall–Kier alpha value is -1.85. The average molecular weight is 599 g/mol. The number of fused-ring (bicyclic) bond motifs is 7. The van der Waals surface area contributed by atoms with Crippen LogP contribution in [0.15, 0.2) is 12.2 Å². The van der Waals surface area contributed by atoms with Crippen LogP contribution in [0.25, 0.3) is 0 Å². The van der Waals surface area contributed by atoms with Crippen molar-refractivity contribution < 1.29 is 28.6 Å². The average Bonchev–Trinajstić information content (AvgIpc) is 3.33. The fourth-order valence-electron chi connectivity index (χ4n) is 12.5. The third-order valence-electron chi connectivity index (χ3n) is 14.8. The number of ether oxygens (including phenoxy) is 3. The highest BCUT2D eigenvalue weighted by Crippen LogP contribution is 2.77. The van der Waals surface area contributed by atoms with Gasteiger partial charge in [-0.2, -0.15) is 0 Å². The van der Waals surface area contributed by atoms with Crippen molar-refractivity contribution in [3.63, 3.8) is 0 Å². The molecule has 0 aliphatic heterocycles. The maximum atomic E-state index is 12.7. The van der Waals surface area contributed by atoms with E-state index in [4.69, 9.17) is 14.2 Å². The molecular formula is C37H58O6. The number of carbonyl (C=O) groups is 3. The number of methoxy groups -OCH3 is 1. The zero-order chi connectivity index (χ0) is 31.6. The predicted octanol–water partition coefficient (Wildman–Crippen LogP) is 8.07. The van der Waals surface area contributed by atoms with Crippen LogP contribution in [-0.4, -0.2) is 37.7 Å². The van der Waals surface area contributed by atoms with Gasteiger partial charge in [-0.05, 0) is 117 Å². The zero-order valence-electron chi connectivity index (χ0n) is 28.3. The van der Waals surface area contributed by atoms with Crippen LogP contribution in [0.5, 0.6) is 0 Å². The number of rotatable bonds is 7. The third kappa shape index (κ3) is 5.00. The van der Waals surface area contributed by atoms with Gasteiger partial charge in [0.25, 0.3) is 0 Å². The number of hydrogen-bond donors (Lipinski definition) is 0. The lowest BCUT2D eigenvalue weighted by Crippen LogP contribution is -2.67. The van der Waals surface area contributed by atoms with Crippen molar-refractivity contribution in [1.82, 2.24) is 0 Å². The van der Waals surface area contributed by atoms with Crippen LogP contribution in [-0.2, 0) is 28.6 Å². The number of carbonyl (C=O) groups excluding carboxylic acids is 3. The fraction of sp³-hybridized carbons (Fsp3) is 0.865. The van der Waals surface area contributed by atoms with Crippen molar-refractivity contribution in [3.05, 3.63) is 12.2 Å². The highest BCUT2D eigenvalue weighted by molar-refractivity contribution is 5.77. The first kappa shape index (κ1) is 32.5. The van der Waals surface area contributed by atoms with E-state index in [0.717, 1.165) is 32.1 Å². The van der Waals surface area contributed by atoms with E-state index in [1.165, 1.54) is 44.8 Å². The summed E-state index contributed by atoms with van der Waals surface area (Å²) in [7, 11) is 1.35. The normalized spacial score (nSPS) is 44.6. The van der Waals surface area contributed by atoms with Crippen molar-refractivity contribution in [2.24, 2.45) is 56.7 Å². The van der Waals surface area contributed by atoms with E-state index in [-0.39, 0.29) is 63.9 Å². The van der Waals surface area contributed by atoms with Gasteiger partial charge in [-0.25, -0.2) is 0 Å². The maximum Gasteiger partial charge on any atom is 0.306 e. The van der Waals surface area contributed by atoms with E-state index in [1.54, 1.807) is 6.92 Å². The SMILES string of the molecule is C=C(C)[C@@H]1CC[C@@]2(COC(C)=O)CC[C@]3(C)[C@@H](CC[C@@H]4[C@@]5(C)CC[C@H](OC(=O)CCC(=O)OC)C(C)(C)[C@@H]5CC[C@]43C)[C@@H]12. The second-order valence-electron chi connectivity index (χ2n) is 16.7. The molecule has 0 aromatic heterocycles. The first-order chi connectivity index (χ1) is 20.1. The first-order valence-corrected chi connectivity index (χ1v) is 17.1. The summed E-state index contributed by atoms with van der Waals surface area (Å²) in [6.45, 7) is 21.3. The maximum absolute atomic E-state index is 12.7. The van der Waals surface area contributed by atoms with Gasteiger partial charge >= 0.3 is 17.9 Å². The second-order valence-corrected chi connectivity index (χ2v) is 16.7. The molecule has 0 amide bonds. The van der Waals surface area contributed by atoms with Crippen molar-refractivity contribution >= 4 is 17.9 Å². The smallest absolute Gasteiger partial charge is 0.306 e. The molecule has 6 nitrogen and oxygen atoms in total. The van der Waals surface area contributed by atoms with Crippen molar-refractivity contribution in [1.29, 1.82) is 0 Å². The van der Waals surface area contributed by atoms with Crippen LogP contribution in [0.3, 0.4) is 0 Å². The van der Waals surface area contributed by atoms with E-state index in [2.05, 4.69) is 48.1 Å². The van der Waals surface area contributed by atoms with Gasteiger partial charge in [-0.3, -0.25) is 14.4 Å². The summed E-state index contributed by atoms with van der Waals surface area (Å²) < 4.78 is 16.6. The number of hydrogen-bond acceptors (Lipinski definition) is 6. The lowest BCUT2D eigenvalue weighted by molar-refractivity contribution is -0.252. The van der Waals surface area contributed by atoms with Gasteiger partial charge in [-0.15, -0.1) is 0 Å². The predicted molar refractivity (Wildman–Crippen MR) is 167 cm³/mol. The lowest BCUT2D eigenvalue weighted by Gasteiger charge is -2.73. The molecule has 0 unspecified atom stereocenters. The van der Waals surface area contributed by atoms with E-state index in [9.17, 15) is 14.4 Å².